The lowest BCUT2D eigenvalue weighted by atomic mass is 10.1. The highest BCUT2D eigenvalue weighted by Gasteiger charge is 2.18. The predicted molar refractivity (Wildman–Crippen MR) is 93.4 cm³/mol. The highest BCUT2D eigenvalue weighted by molar-refractivity contribution is 7.99. The van der Waals surface area contributed by atoms with Crippen molar-refractivity contribution in [1.82, 2.24) is 9.88 Å². The fraction of sp³-hybridized carbons (Fsp3) is 0.333. The lowest BCUT2D eigenvalue weighted by Gasteiger charge is -2.20. The zero-order chi connectivity index (χ0) is 17.8. The van der Waals surface area contributed by atoms with Gasteiger partial charge in [0.2, 0.25) is 5.88 Å². The number of hydrogen-bond acceptors (Lipinski definition) is 6. The smallest absolute Gasteiger partial charge is 0.340 e. The van der Waals surface area contributed by atoms with Crippen LogP contribution in [0, 0.1) is 5.82 Å². The SMILES string of the molecule is COC(=O)c1ccc(CN2CCSc3cnc(OC)cc3C2)cc1F. The second kappa shape index (κ2) is 7.84. The van der Waals surface area contributed by atoms with Gasteiger partial charge in [-0.3, -0.25) is 4.90 Å². The Balaban J connectivity index is 1.76. The summed E-state index contributed by atoms with van der Waals surface area (Å²) in [5.41, 5.74) is 1.93. The summed E-state index contributed by atoms with van der Waals surface area (Å²) in [6.07, 6.45) is 1.84. The number of rotatable bonds is 4. The molecular formula is C18H19FN2O3S. The first-order chi connectivity index (χ1) is 12.1. The molecule has 7 heteroatoms. The van der Waals surface area contributed by atoms with E-state index < -0.39 is 11.8 Å². The third-order valence-corrected chi connectivity index (χ3v) is 5.10. The van der Waals surface area contributed by atoms with Gasteiger partial charge in [-0.05, 0) is 23.3 Å². The molecule has 132 valence electrons. The zero-order valence-corrected chi connectivity index (χ0v) is 14.9. The summed E-state index contributed by atoms with van der Waals surface area (Å²) in [7, 11) is 2.84. The van der Waals surface area contributed by atoms with Crippen molar-refractivity contribution in [2.75, 3.05) is 26.5 Å². The van der Waals surface area contributed by atoms with Crippen LogP contribution < -0.4 is 4.74 Å². The van der Waals surface area contributed by atoms with Crippen molar-refractivity contribution in [3.05, 3.63) is 53.0 Å². The number of thioether (sulfide) groups is 1. The van der Waals surface area contributed by atoms with Crippen LogP contribution in [0.5, 0.6) is 5.88 Å². The van der Waals surface area contributed by atoms with E-state index in [1.54, 1.807) is 24.9 Å². The molecule has 0 fully saturated rings. The molecule has 0 unspecified atom stereocenters. The topological polar surface area (TPSA) is 51.7 Å². The second-order valence-electron chi connectivity index (χ2n) is 5.70. The summed E-state index contributed by atoms with van der Waals surface area (Å²) in [5, 5.41) is 0. The lowest BCUT2D eigenvalue weighted by Crippen LogP contribution is -2.24. The highest BCUT2D eigenvalue weighted by atomic mass is 32.2. The first-order valence-corrected chi connectivity index (χ1v) is 8.84. The minimum absolute atomic E-state index is 0.0428. The summed E-state index contributed by atoms with van der Waals surface area (Å²) >= 11 is 1.76. The van der Waals surface area contributed by atoms with E-state index >= 15 is 0 Å². The molecule has 3 rings (SSSR count). The van der Waals surface area contributed by atoms with Gasteiger partial charge in [-0.15, -0.1) is 11.8 Å². The number of esters is 1. The van der Waals surface area contributed by atoms with Crippen LogP contribution >= 0.6 is 11.8 Å². The van der Waals surface area contributed by atoms with Gasteiger partial charge >= 0.3 is 5.97 Å². The molecule has 0 bridgehead atoms. The Labute approximate surface area is 150 Å². The number of pyridine rings is 1. The van der Waals surface area contributed by atoms with Crippen molar-refractivity contribution in [3.8, 4) is 5.88 Å². The first-order valence-electron chi connectivity index (χ1n) is 7.85. The average Bonchev–Trinajstić information content (AvgIpc) is 2.82. The first kappa shape index (κ1) is 17.7. The Kier molecular flexibility index (Phi) is 5.55. The third-order valence-electron chi connectivity index (χ3n) is 4.04. The van der Waals surface area contributed by atoms with Crippen molar-refractivity contribution < 1.29 is 18.7 Å². The van der Waals surface area contributed by atoms with E-state index in [-0.39, 0.29) is 5.56 Å². The quantitative estimate of drug-likeness (QED) is 0.779. The van der Waals surface area contributed by atoms with Gasteiger partial charge in [-0.2, -0.15) is 0 Å². The Bertz CT molecular complexity index is 785. The summed E-state index contributed by atoms with van der Waals surface area (Å²) in [6, 6.07) is 6.59. The Morgan fingerprint density at radius 1 is 1.36 bits per heavy atom. The summed E-state index contributed by atoms with van der Waals surface area (Å²) in [4.78, 5) is 19.1. The minimum atomic E-state index is -0.663. The summed E-state index contributed by atoms with van der Waals surface area (Å²) in [5.74, 6) is 0.308. The fourth-order valence-corrected chi connectivity index (χ4v) is 3.76. The van der Waals surface area contributed by atoms with Crippen LogP contribution in [0.25, 0.3) is 0 Å². The number of benzene rings is 1. The molecule has 25 heavy (non-hydrogen) atoms. The van der Waals surface area contributed by atoms with Crippen LogP contribution in [0.2, 0.25) is 0 Å². The normalized spacial score (nSPS) is 14.5. The molecule has 1 aromatic carbocycles. The van der Waals surface area contributed by atoms with Gasteiger partial charge in [0, 0.05) is 42.5 Å². The van der Waals surface area contributed by atoms with Crippen LogP contribution in [0.15, 0.2) is 35.4 Å². The van der Waals surface area contributed by atoms with Gasteiger partial charge in [-0.25, -0.2) is 14.2 Å². The number of fused-ring (bicyclic) bond motifs is 1. The Hall–Kier alpha value is -2.12. The summed E-state index contributed by atoms with van der Waals surface area (Å²) in [6.45, 7) is 2.21. The number of carbonyl (C=O) groups is 1. The van der Waals surface area contributed by atoms with E-state index in [1.165, 1.54) is 19.2 Å². The summed E-state index contributed by atoms with van der Waals surface area (Å²) < 4.78 is 23.9. The molecule has 0 saturated heterocycles. The Morgan fingerprint density at radius 2 is 2.20 bits per heavy atom. The van der Waals surface area contributed by atoms with Gasteiger partial charge in [0.05, 0.1) is 19.8 Å². The van der Waals surface area contributed by atoms with Gasteiger partial charge in [0.25, 0.3) is 0 Å². The van der Waals surface area contributed by atoms with Gasteiger partial charge in [-0.1, -0.05) is 6.07 Å². The molecule has 2 heterocycles. The van der Waals surface area contributed by atoms with Crippen molar-refractivity contribution in [1.29, 1.82) is 0 Å². The van der Waals surface area contributed by atoms with E-state index in [2.05, 4.69) is 14.6 Å². The lowest BCUT2D eigenvalue weighted by molar-refractivity contribution is 0.0595. The number of hydrogen-bond donors (Lipinski definition) is 0. The van der Waals surface area contributed by atoms with Crippen LogP contribution in [-0.2, 0) is 17.8 Å². The molecule has 1 aromatic heterocycles. The number of carbonyl (C=O) groups excluding carboxylic acids is 1. The van der Waals surface area contributed by atoms with E-state index in [0.717, 1.165) is 34.9 Å². The van der Waals surface area contributed by atoms with E-state index in [0.29, 0.717) is 12.4 Å². The fourth-order valence-electron chi connectivity index (χ4n) is 2.76. The van der Waals surface area contributed by atoms with Crippen molar-refractivity contribution in [3.63, 3.8) is 0 Å². The number of nitrogens with zero attached hydrogens (tertiary/aromatic N) is 2. The maximum atomic E-state index is 14.1. The number of aromatic nitrogens is 1. The standard InChI is InChI=1S/C18H19FN2O3S/c1-23-17-8-13-11-21(5-6-25-16(13)9-20-17)10-12-3-4-14(15(19)7-12)18(22)24-2/h3-4,7-9H,5-6,10-11H2,1-2H3. The zero-order valence-electron chi connectivity index (χ0n) is 14.1. The molecule has 0 spiro atoms. The van der Waals surface area contributed by atoms with Crippen molar-refractivity contribution in [2.24, 2.45) is 0 Å². The molecule has 0 atom stereocenters. The van der Waals surface area contributed by atoms with Crippen molar-refractivity contribution >= 4 is 17.7 Å². The second-order valence-corrected chi connectivity index (χ2v) is 6.84. The monoisotopic (exact) mass is 362 g/mol. The van der Waals surface area contributed by atoms with Gasteiger partial charge < -0.3 is 9.47 Å². The number of methoxy groups -OCH3 is 2. The molecule has 2 aromatic rings. The third kappa shape index (κ3) is 4.11. The molecule has 0 amide bonds. The van der Waals surface area contributed by atoms with Gasteiger partial charge in [0.15, 0.2) is 0 Å². The predicted octanol–water partition coefficient (Wildman–Crippen LogP) is 3.12. The minimum Gasteiger partial charge on any atom is -0.481 e. The molecular weight excluding hydrogens is 343 g/mol. The van der Waals surface area contributed by atoms with Crippen LogP contribution in [0.1, 0.15) is 21.5 Å². The highest BCUT2D eigenvalue weighted by Crippen LogP contribution is 2.29. The van der Waals surface area contributed by atoms with Gasteiger partial charge in [0.1, 0.15) is 5.82 Å². The van der Waals surface area contributed by atoms with E-state index in [9.17, 15) is 9.18 Å². The maximum Gasteiger partial charge on any atom is 0.340 e. The molecule has 5 nitrogen and oxygen atoms in total. The number of ether oxygens (including phenoxy) is 2. The van der Waals surface area contributed by atoms with Crippen molar-refractivity contribution in [2.45, 2.75) is 18.0 Å². The van der Waals surface area contributed by atoms with Crippen LogP contribution in [0.4, 0.5) is 4.39 Å². The molecule has 1 aliphatic rings. The molecule has 0 aliphatic carbocycles. The van der Waals surface area contributed by atoms with Crippen LogP contribution in [-0.4, -0.2) is 42.4 Å². The maximum absolute atomic E-state index is 14.1. The largest absolute Gasteiger partial charge is 0.481 e. The van der Waals surface area contributed by atoms with Crippen LogP contribution in [0.3, 0.4) is 0 Å². The van der Waals surface area contributed by atoms with E-state index in [1.807, 2.05) is 12.3 Å². The molecule has 0 N–H and O–H groups in total. The number of halogens is 1. The molecule has 0 saturated carbocycles. The van der Waals surface area contributed by atoms with E-state index in [4.69, 9.17) is 4.74 Å². The Morgan fingerprint density at radius 3 is 2.92 bits per heavy atom. The molecule has 0 radical (unpaired) electrons. The molecule has 1 aliphatic heterocycles. The average molecular weight is 362 g/mol.